The number of amides is 2. The second-order valence-electron chi connectivity index (χ2n) is 6.57. The monoisotopic (exact) mass is 497 g/mol. The van der Waals surface area contributed by atoms with E-state index in [4.69, 9.17) is 34.8 Å². The summed E-state index contributed by atoms with van der Waals surface area (Å²) in [6, 6.07) is 11.1. The van der Waals surface area contributed by atoms with Crippen molar-refractivity contribution >= 4 is 64.1 Å². The number of aromatic nitrogens is 3. The minimum atomic E-state index is -0.389. The van der Waals surface area contributed by atoms with Crippen LogP contribution in [0, 0.1) is 0 Å². The van der Waals surface area contributed by atoms with Gasteiger partial charge in [0.15, 0.2) is 11.0 Å². The summed E-state index contributed by atoms with van der Waals surface area (Å²) in [7, 11) is 1.78. The second-order valence-corrected chi connectivity index (χ2v) is 8.76. The molecule has 3 rings (SSSR count). The predicted octanol–water partition coefficient (Wildman–Crippen LogP) is 5.00. The van der Waals surface area contributed by atoms with Gasteiger partial charge in [0.2, 0.25) is 5.91 Å². The summed E-state index contributed by atoms with van der Waals surface area (Å²) in [4.78, 5) is 24.6. The molecule has 0 bridgehead atoms. The van der Waals surface area contributed by atoms with Gasteiger partial charge in [-0.1, -0.05) is 46.6 Å². The summed E-state index contributed by atoms with van der Waals surface area (Å²) < 4.78 is 1.74. The third kappa shape index (κ3) is 6.13. The van der Waals surface area contributed by atoms with Gasteiger partial charge in [-0.05, 0) is 49.4 Å². The molecule has 162 valence electrons. The molecule has 0 saturated carbocycles. The number of nitrogens with zero attached hydrogens (tertiary/aromatic N) is 3. The van der Waals surface area contributed by atoms with Gasteiger partial charge in [0.25, 0.3) is 5.91 Å². The number of rotatable bonds is 7. The fourth-order valence-corrected chi connectivity index (χ4v) is 3.82. The molecule has 0 aliphatic carbocycles. The van der Waals surface area contributed by atoms with Crippen molar-refractivity contribution in [1.29, 1.82) is 0 Å². The van der Waals surface area contributed by atoms with Crippen LogP contribution in [0.3, 0.4) is 0 Å². The fraction of sp³-hybridized carbons (Fsp3) is 0.200. The zero-order chi connectivity index (χ0) is 22.5. The van der Waals surface area contributed by atoms with E-state index in [1.54, 1.807) is 54.1 Å². The fourth-order valence-electron chi connectivity index (χ4n) is 2.68. The number of hydrogen-bond acceptors (Lipinski definition) is 5. The lowest BCUT2D eigenvalue weighted by Gasteiger charge is -2.13. The van der Waals surface area contributed by atoms with Gasteiger partial charge in [0.1, 0.15) is 0 Å². The molecule has 0 saturated heterocycles. The zero-order valence-corrected chi connectivity index (χ0v) is 19.6. The first-order chi connectivity index (χ1) is 14.7. The molecule has 11 heteroatoms. The number of nitrogens with one attached hydrogen (secondary N) is 2. The van der Waals surface area contributed by atoms with Crippen LogP contribution in [0.15, 0.2) is 47.6 Å². The van der Waals surface area contributed by atoms with Gasteiger partial charge in [0, 0.05) is 23.3 Å². The Bertz CT molecular complexity index is 1100. The van der Waals surface area contributed by atoms with Crippen molar-refractivity contribution in [1.82, 2.24) is 20.1 Å². The number of anilines is 1. The molecule has 7 nitrogen and oxygen atoms in total. The maximum atomic E-state index is 12.4. The van der Waals surface area contributed by atoms with Crippen LogP contribution in [0.5, 0.6) is 0 Å². The summed E-state index contributed by atoms with van der Waals surface area (Å²) in [5, 5.41) is 15.8. The van der Waals surface area contributed by atoms with Crippen molar-refractivity contribution in [2.24, 2.45) is 7.05 Å². The Balaban J connectivity index is 1.57. The summed E-state index contributed by atoms with van der Waals surface area (Å²) in [5.74, 6) is 0.215. The lowest BCUT2D eigenvalue weighted by atomic mass is 10.2. The Morgan fingerprint density at radius 1 is 1.06 bits per heavy atom. The van der Waals surface area contributed by atoms with Crippen LogP contribution in [0.1, 0.15) is 29.1 Å². The highest BCUT2D eigenvalue weighted by Crippen LogP contribution is 2.25. The first-order valence-corrected chi connectivity index (χ1v) is 11.2. The van der Waals surface area contributed by atoms with Crippen molar-refractivity contribution in [3.63, 3.8) is 0 Å². The number of carbonyl (C=O) groups excluding carboxylic acids is 2. The van der Waals surface area contributed by atoms with Crippen molar-refractivity contribution < 1.29 is 9.59 Å². The Morgan fingerprint density at radius 3 is 2.45 bits per heavy atom. The average molecular weight is 499 g/mol. The predicted molar refractivity (Wildman–Crippen MR) is 124 cm³/mol. The van der Waals surface area contributed by atoms with Gasteiger partial charge in [-0.3, -0.25) is 9.59 Å². The van der Waals surface area contributed by atoms with E-state index >= 15 is 0 Å². The van der Waals surface area contributed by atoms with Crippen molar-refractivity contribution in [3.8, 4) is 0 Å². The van der Waals surface area contributed by atoms with Gasteiger partial charge < -0.3 is 15.2 Å². The molecular formula is C20H18Cl3N5O2S. The van der Waals surface area contributed by atoms with Crippen LogP contribution in [0.4, 0.5) is 5.69 Å². The van der Waals surface area contributed by atoms with Crippen molar-refractivity contribution in [2.45, 2.75) is 18.1 Å². The van der Waals surface area contributed by atoms with Crippen LogP contribution in [-0.4, -0.2) is 32.3 Å². The van der Waals surface area contributed by atoms with E-state index in [9.17, 15) is 9.59 Å². The van der Waals surface area contributed by atoms with Crippen LogP contribution in [0.25, 0.3) is 0 Å². The van der Waals surface area contributed by atoms with E-state index in [0.717, 1.165) is 0 Å². The smallest absolute Gasteiger partial charge is 0.251 e. The molecule has 3 aromatic rings. The maximum absolute atomic E-state index is 12.4. The summed E-state index contributed by atoms with van der Waals surface area (Å²) in [6.07, 6.45) is 0. The number of hydrogen-bond donors (Lipinski definition) is 2. The Kier molecular flexibility index (Phi) is 7.83. The van der Waals surface area contributed by atoms with E-state index in [1.165, 1.54) is 11.8 Å². The van der Waals surface area contributed by atoms with Crippen LogP contribution < -0.4 is 10.6 Å². The van der Waals surface area contributed by atoms with Gasteiger partial charge in [-0.25, -0.2) is 0 Å². The minimum Gasteiger partial charge on any atom is -0.342 e. The van der Waals surface area contributed by atoms with E-state index < -0.39 is 0 Å². The Morgan fingerprint density at radius 2 is 1.77 bits per heavy atom. The van der Waals surface area contributed by atoms with Gasteiger partial charge in [-0.2, -0.15) is 0 Å². The molecule has 31 heavy (non-hydrogen) atoms. The molecule has 2 aromatic carbocycles. The third-order valence-electron chi connectivity index (χ3n) is 4.25. The number of halogens is 3. The van der Waals surface area contributed by atoms with Gasteiger partial charge >= 0.3 is 0 Å². The van der Waals surface area contributed by atoms with E-state index in [2.05, 4.69) is 20.8 Å². The second kappa shape index (κ2) is 10.4. The third-order valence-corrected chi connectivity index (χ3v) is 6.26. The largest absolute Gasteiger partial charge is 0.342 e. The maximum Gasteiger partial charge on any atom is 0.251 e. The average Bonchev–Trinajstić information content (AvgIpc) is 3.10. The standard InChI is InChI=1S/C20H18Cl3N5O2S/c1-11(24-19(30)12-3-5-13(21)6-4-12)18-26-27-20(28(18)2)31-10-17(29)25-14-7-8-15(22)16(23)9-14/h3-9,11H,10H2,1-2H3,(H,24,30)(H,25,29)/t11-/m0/s1. The quantitative estimate of drug-likeness (QED) is 0.448. The molecule has 0 aliphatic rings. The molecule has 1 aromatic heterocycles. The summed E-state index contributed by atoms with van der Waals surface area (Å²) in [6.45, 7) is 1.81. The minimum absolute atomic E-state index is 0.123. The lowest BCUT2D eigenvalue weighted by Crippen LogP contribution is -2.28. The van der Waals surface area contributed by atoms with E-state index in [1.807, 2.05) is 6.92 Å². The van der Waals surface area contributed by atoms with E-state index in [-0.39, 0.29) is 23.6 Å². The zero-order valence-electron chi connectivity index (χ0n) is 16.5. The first-order valence-electron chi connectivity index (χ1n) is 9.08. The summed E-state index contributed by atoms with van der Waals surface area (Å²) in [5.41, 5.74) is 1.05. The molecule has 2 amide bonds. The van der Waals surface area contributed by atoms with Crippen molar-refractivity contribution in [2.75, 3.05) is 11.1 Å². The van der Waals surface area contributed by atoms with Gasteiger partial charge in [0.05, 0.1) is 21.8 Å². The van der Waals surface area contributed by atoms with Crippen LogP contribution >= 0.6 is 46.6 Å². The summed E-state index contributed by atoms with van der Waals surface area (Å²) >= 11 is 18.9. The highest BCUT2D eigenvalue weighted by Gasteiger charge is 2.19. The molecule has 0 radical (unpaired) electrons. The lowest BCUT2D eigenvalue weighted by molar-refractivity contribution is -0.113. The molecule has 0 aliphatic heterocycles. The van der Waals surface area contributed by atoms with Crippen LogP contribution in [-0.2, 0) is 11.8 Å². The number of carbonyl (C=O) groups is 2. The highest BCUT2D eigenvalue weighted by molar-refractivity contribution is 7.99. The molecular weight excluding hydrogens is 481 g/mol. The van der Waals surface area contributed by atoms with Crippen molar-refractivity contribution in [3.05, 3.63) is 68.9 Å². The molecule has 0 unspecified atom stereocenters. The SMILES string of the molecule is C[C@H](NC(=O)c1ccc(Cl)cc1)c1nnc(SCC(=O)Nc2ccc(Cl)c(Cl)c2)n1C. The molecule has 1 heterocycles. The topological polar surface area (TPSA) is 88.9 Å². The van der Waals surface area contributed by atoms with E-state index in [0.29, 0.717) is 37.3 Å². The molecule has 2 N–H and O–H groups in total. The normalized spacial score (nSPS) is 11.8. The number of benzene rings is 2. The molecule has 0 spiro atoms. The molecule has 0 fully saturated rings. The first kappa shape index (κ1) is 23.4. The number of thioether (sulfide) groups is 1. The highest BCUT2D eigenvalue weighted by atomic mass is 35.5. The molecule has 1 atom stereocenters. The van der Waals surface area contributed by atoms with Crippen LogP contribution in [0.2, 0.25) is 15.1 Å². The Labute approximate surface area is 198 Å². The Hall–Kier alpha value is -2.26. The van der Waals surface area contributed by atoms with Gasteiger partial charge in [-0.15, -0.1) is 10.2 Å².